The Morgan fingerprint density at radius 2 is 1.97 bits per heavy atom. The Morgan fingerprint density at radius 1 is 1.21 bits per heavy atom. The van der Waals surface area contributed by atoms with Gasteiger partial charge in [0.1, 0.15) is 0 Å². The Hall–Kier alpha value is -2.79. The van der Waals surface area contributed by atoms with E-state index in [0.717, 1.165) is 33.3 Å². The minimum atomic E-state index is -0.0720. The van der Waals surface area contributed by atoms with E-state index in [1.807, 2.05) is 51.1 Å². The summed E-state index contributed by atoms with van der Waals surface area (Å²) in [6.45, 7) is 6.70. The van der Waals surface area contributed by atoms with Crippen molar-refractivity contribution in [2.24, 2.45) is 0 Å². The second-order valence-electron chi connectivity index (χ2n) is 6.81. The zero-order valence-corrected chi connectivity index (χ0v) is 17.9. The van der Waals surface area contributed by atoms with Gasteiger partial charge in [-0.1, -0.05) is 29.8 Å². The summed E-state index contributed by atoms with van der Waals surface area (Å²) in [5.74, 6) is 0.992. The number of nitrogens with zero attached hydrogens (tertiary/aromatic N) is 1. The summed E-state index contributed by atoms with van der Waals surface area (Å²) in [7, 11) is 1.56. The standard InChI is InChI=1S/C23H25ClN2O3/c1-5-29-23-19(24)10-16(11-21(23)28-4)13-25-22(27)12-18-14(2)17-8-6-7-9-20(17)26-15(18)3/h6-11H,5,12-13H2,1-4H3,(H,25,27). The summed E-state index contributed by atoms with van der Waals surface area (Å²) in [5.41, 5.74) is 4.72. The molecule has 2 aromatic carbocycles. The molecule has 0 fully saturated rings. The highest BCUT2D eigenvalue weighted by molar-refractivity contribution is 6.32. The van der Waals surface area contributed by atoms with Gasteiger partial charge >= 0.3 is 0 Å². The third-order valence-electron chi connectivity index (χ3n) is 4.89. The number of aromatic nitrogens is 1. The van der Waals surface area contributed by atoms with E-state index in [0.29, 0.717) is 29.7 Å². The molecule has 0 unspecified atom stereocenters. The lowest BCUT2D eigenvalue weighted by molar-refractivity contribution is -0.120. The number of hydrogen-bond donors (Lipinski definition) is 1. The van der Waals surface area contributed by atoms with Crippen molar-refractivity contribution in [3.05, 3.63) is 63.8 Å². The van der Waals surface area contributed by atoms with Crippen molar-refractivity contribution in [1.29, 1.82) is 0 Å². The number of carbonyl (C=O) groups excluding carboxylic acids is 1. The number of amides is 1. The van der Waals surface area contributed by atoms with E-state index in [2.05, 4.69) is 10.3 Å². The molecule has 0 spiro atoms. The molecule has 1 amide bonds. The van der Waals surface area contributed by atoms with E-state index in [9.17, 15) is 4.79 Å². The normalized spacial score (nSPS) is 10.8. The molecule has 3 rings (SSSR count). The maximum absolute atomic E-state index is 12.6. The summed E-state index contributed by atoms with van der Waals surface area (Å²) in [6.07, 6.45) is 0.275. The molecule has 0 aliphatic rings. The predicted octanol–water partition coefficient (Wildman–Crippen LogP) is 4.77. The largest absolute Gasteiger partial charge is 0.493 e. The lowest BCUT2D eigenvalue weighted by Crippen LogP contribution is -2.25. The lowest BCUT2D eigenvalue weighted by Gasteiger charge is -2.14. The van der Waals surface area contributed by atoms with Crippen molar-refractivity contribution in [3.8, 4) is 11.5 Å². The highest BCUT2D eigenvalue weighted by Gasteiger charge is 2.15. The van der Waals surface area contributed by atoms with Gasteiger partial charge in [0.15, 0.2) is 11.5 Å². The van der Waals surface area contributed by atoms with Crippen LogP contribution in [0, 0.1) is 13.8 Å². The van der Waals surface area contributed by atoms with E-state index in [-0.39, 0.29) is 12.3 Å². The minimum Gasteiger partial charge on any atom is -0.493 e. The van der Waals surface area contributed by atoms with Crippen LogP contribution in [-0.2, 0) is 17.8 Å². The summed E-state index contributed by atoms with van der Waals surface area (Å²) in [6, 6.07) is 11.6. The second-order valence-corrected chi connectivity index (χ2v) is 7.22. The van der Waals surface area contributed by atoms with Crippen molar-refractivity contribution in [3.63, 3.8) is 0 Å². The van der Waals surface area contributed by atoms with E-state index in [1.54, 1.807) is 13.2 Å². The summed E-state index contributed by atoms with van der Waals surface area (Å²) in [5, 5.41) is 4.49. The number of rotatable bonds is 7. The quantitative estimate of drug-likeness (QED) is 0.607. The third-order valence-corrected chi connectivity index (χ3v) is 5.17. The van der Waals surface area contributed by atoms with Crippen LogP contribution in [0.3, 0.4) is 0 Å². The topological polar surface area (TPSA) is 60.5 Å². The maximum Gasteiger partial charge on any atom is 0.224 e. The van der Waals surface area contributed by atoms with Crippen molar-refractivity contribution in [1.82, 2.24) is 10.3 Å². The number of para-hydroxylation sites is 1. The van der Waals surface area contributed by atoms with Gasteiger partial charge in [-0.25, -0.2) is 0 Å². The van der Waals surface area contributed by atoms with Gasteiger partial charge in [-0.3, -0.25) is 9.78 Å². The molecule has 0 atom stereocenters. The van der Waals surface area contributed by atoms with Gasteiger partial charge in [-0.2, -0.15) is 0 Å². The fraction of sp³-hybridized carbons (Fsp3) is 0.304. The highest BCUT2D eigenvalue weighted by atomic mass is 35.5. The minimum absolute atomic E-state index is 0.0720. The number of fused-ring (bicyclic) bond motifs is 1. The predicted molar refractivity (Wildman–Crippen MR) is 116 cm³/mol. The lowest BCUT2D eigenvalue weighted by atomic mass is 9.99. The molecule has 6 heteroatoms. The van der Waals surface area contributed by atoms with Gasteiger partial charge in [0.25, 0.3) is 0 Å². The Balaban J connectivity index is 1.74. The number of nitrogens with one attached hydrogen (secondary N) is 1. The fourth-order valence-electron chi connectivity index (χ4n) is 3.41. The molecule has 3 aromatic rings. The molecular weight excluding hydrogens is 388 g/mol. The molecule has 1 heterocycles. The molecule has 0 aliphatic carbocycles. The Labute approximate surface area is 176 Å². The molecule has 0 saturated heterocycles. The first kappa shape index (κ1) is 20.9. The summed E-state index contributed by atoms with van der Waals surface area (Å²) < 4.78 is 10.9. The molecule has 5 nitrogen and oxygen atoms in total. The van der Waals surface area contributed by atoms with Crippen LogP contribution in [-0.4, -0.2) is 24.6 Å². The van der Waals surface area contributed by atoms with Crippen LogP contribution in [0.1, 0.15) is 29.3 Å². The number of carbonyl (C=O) groups is 1. The molecule has 0 bridgehead atoms. The molecule has 0 saturated carbocycles. The van der Waals surface area contributed by atoms with Crippen LogP contribution >= 0.6 is 11.6 Å². The second kappa shape index (κ2) is 9.14. The van der Waals surface area contributed by atoms with Gasteiger partial charge in [-0.05, 0) is 55.7 Å². The smallest absolute Gasteiger partial charge is 0.224 e. The average Bonchev–Trinajstić information content (AvgIpc) is 2.71. The molecule has 1 aromatic heterocycles. The summed E-state index contributed by atoms with van der Waals surface area (Å²) in [4.78, 5) is 17.2. The van der Waals surface area contributed by atoms with Crippen molar-refractivity contribution < 1.29 is 14.3 Å². The zero-order valence-electron chi connectivity index (χ0n) is 17.1. The highest BCUT2D eigenvalue weighted by Crippen LogP contribution is 2.36. The summed E-state index contributed by atoms with van der Waals surface area (Å²) >= 11 is 6.31. The number of pyridine rings is 1. The van der Waals surface area contributed by atoms with Crippen LogP contribution in [0.5, 0.6) is 11.5 Å². The van der Waals surface area contributed by atoms with Gasteiger partial charge < -0.3 is 14.8 Å². The van der Waals surface area contributed by atoms with Crippen molar-refractivity contribution >= 4 is 28.4 Å². The van der Waals surface area contributed by atoms with Crippen LogP contribution in [0.2, 0.25) is 5.02 Å². The van der Waals surface area contributed by atoms with Gasteiger partial charge in [0.05, 0.1) is 30.7 Å². The number of halogens is 1. The van der Waals surface area contributed by atoms with Crippen LogP contribution in [0.15, 0.2) is 36.4 Å². The first-order chi connectivity index (χ1) is 13.9. The van der Waals surface area contributed by atoms with Gasteiger partial charge in [0, 0.05) is 17.6 Å². The van der Waals surface area contributed by atoms with E-state index in [4.69, 9.17) is 21.1 Å². The molecule has 0 aliphatic heterocycles. The molecule has 152 valence electrons. The number of ether oxygens (including phenoxy) is 2. The third kappa shape index (κ3) is 4.62. The Morgan fingerprint density at radius 3 is 2.69 bits per heavy atom. The van der Waals surface area contributed by atoms with Gasteiger partial charge in [0.2, 0.25) is 5.91 Å². The first-order valence-electron chi connectivity index (χ1n) is 9.55. The monoisotopic (exact) mass is 412 g/mol. The molecule has 29 heavy (non-hydrogen) atoms. The van der Waals surface area contributed by atoms with Crippen molar-refractivity contribution in [2.45, 2.75) is 33.7 Å². The Kier molecular flexibility index (Phi) is 6.60. The number of aryl methyl sites for hydroxylation is 2. The van der Waals surface area contributed by atoms with Crippen molar-refractivity contribution in [2.75, 3.05) is 13.7 Å². The average molecular weight is 413 g/mol. The first-order valence-corrected chi connectivity index (χ1v) is 9.93. The van der Waals surface area contributed by atoms with E-state index in [1.165, 1.54) is 0 Å². The molecular formula is C23H25ClN2O3. The van der Waals surface area contributed by atoms with E-state index < -0.39 is 0 Å². The molecule has 0 radical (unpaired) electrons. The van der Waals surface area contributed by atoms with E-state index >= 15 is 0 Å². The van der Waals surface area contributed by atoms with Crippen LogP contribution in [0.25, 0.3) is 10.9 Å². The number of methoxy groups -OCH3 is 1. The zero-order chi connectivity index (χ0) is 21.0. The molecule has 1 N–H and O–H groups in total. The Bertz CT molecular complexity index is 1050. The number of benzene rings is 2. The van der Waals surface area contributed by atoms with Crippen LogP contribution in [0.4, 0.5) is 0 Å². The van der Waals surface area contributed by atoms with Crippen LogP contribution < -0.4 is 14.8 Å². The fourth-order valence-corrected chi connectivity index (χ4v) is 3.70. The number of hydrogen-bond acceptors (Lipinski definition) is 4. The maximum atomic E-state index is 12.6. The van der Waals surface area contributed by atoms with Gasteiger partial charge in [-0.15, -0.1) is 0 Å². The SMILES string of the molecule is CCOc1c(Cl)cc(CNC(=O)Cc2c(C)nc3ccccc3c2C)cc1OC.